The predicted molar refractivity (Wildman–Crippen MR) is 139 cm³/mol. The number of aryl methyl sites for hydroxylation is 1. The number of nitrogens with zero attached hydrogens (tertiary/aromatic N) is 4. The number of pyridine rings is 1. The van der Waals surface area contributed by atoms with Crippen LogP contribution in [0.5, 0.6) is 5.75 Å². The second kappa shape index (κ2) is 8.87. The Morgan fingerprint density at radius 1 is 1.03 bits per heavy atom. The molecule has 0 atom stereocenters. The number of nitrogens with one attached hydrogen (secondary N) is 1. The van der Waals surface area contributed by atoms with Crippen molar-refractivity contribution in [2.75, 3.05) is 12.0 Å². The van der Waals surface area contributed by atoms with Gasteiger partial charge in [-0.1, -0.05) is 42.5 Å². The Labute approximate surface area is 209 Å². The molecule has 0 aliphatic heterocycles. The minimum atomic E-state index is -0.489. The number of fused-ring (bicyclic) bond motifs is 4. The van der Waals surface area contributed by atoms with E-state index in [4.69, 9.17) is 4.74 Å². The average molecular weight is 493 g/mol. The van der Waals surface area contributed by atoms with Crippen LogP contribution in [0, 0.1) is 12.7 Å². The lowest BCUT2D eigenvalue weighted by Gasteiger charge is -2.11. The van der Waals surface area contributed by atoms with Crippen LogP contribution in [0.4, 0.5) is 4.39 Å². The monoisotopic (exact) mass is 493 g/mol. The summed E-state index contributed by atoms with van der Waals surface area (Å²) in [6.07, 6.45) is 2.92. The number of carbonyl (C=O) groups is 1. The summed E-state index contributed by atoms with van der Waals surface area (Å²) in [6.45, 7) is 1.57. The van der Waals surface area contributed by atoms with Gasteiger partial charge in [0.25, 0.3) is 11.5 Å². The molecule has 0 saturated heterocycles. The van der Waals surface area contributed by atoms with E-state index in [1.165, 1.54) is 24.5 Å². The maximum Gasteiger partial charge on any atom is 0.280 e. The fourth-order valence-electron chi connectivity index (χ4n) is 4.39. The van der Waals surface area contributed by atoms with Crippen molar-refractivity contribution in [1.29, 1.82) is 0 Å². The van der Waals surface area contributed by atoms with E-state index in [1.807, 2.05) is 43.3 Å². The topological polar surface area (TPSA) is 90.5 Å². The standard InChI is InChI=1S/C28H20FN5O3/c1-17-26(19-6-9-21(29)10-7-19)27-30-15-23-24(34(27)31-17)12-13-33(28(23)36)32-25(35)16-37-22-11-8-18-4-2-3-5-20(18)14-22/h2-15H,16H2,1H3,(H,32,35). The first-order chi connectivity index (χ1) is 18.0. The smallest absolute Gasteiger partial charge is 0.280 e. The van der Waals surface area contributed by atoms with Crippen molar-refractivity contribution in [3.63, 3.8) is 0 Å². The highest BCUT2D eigenvalue weighted by Crippen LogP contribution is 2.28. The third kappa shape index (κ3) is 4.06. The fourth-order valence-corrected chi connectivity index (χ4v) is 4.39. The number of hydrogen-bond donors (Lipinski definition) is 1. The second-order valence-electron chi connectivity index (χ2n) is 8.58. The second-order valence-corrected chi connectivity index (χ2v) is 8.58. The molecule has 0 radical (unpaired) electrons. The zero-order valence-electron chi connectivity index (χ0n) is 19.7. The van der Waals surface area contributed by atoms with Gasteiger partial charge in [-0.05, 0) is 53.6 Å². The van der Waals surface area contributed by atoms with Crippen LogP contribution >= 0.6 is 0 Å². The number of carbonyl (C=O) groups excluding carboxylic acids is 1. The van der Waals surface area contributed by atoms with Crippen molar-refractivity contribution >= 4 is 33.2 Å². The normalized spacial score (nSPS) is 11.3. The van der Waals surface area contributed by atoms with Gasteiger partial charge in [0.05, 0.1) is 16.6 Å². The van der Waals surface area contributed by atoms with E-state index in [0.29, 0.717) is 22.6 Å². The molecular formula is C28H20FN5O3. The van der Waals surface area contributed by atoms with Gasteiger partial charge in [0.15, 0.2) is 12.3 Å². The van der Waals surface area contributed by atoms with Gasteiger partial charge in [-0.3, -0.25) is 15.0 Å². The lowest BCUT2D eigenvalue weighted by Crippen LogP contribution is -2.35. The molecule has 1 N–H and O–H groups in total. The Morgan fingerprint density at radius 2 is 1.81 bits per heavy atom. The Bertz CT molecular complexity index is 1880. The molecule has 0 fully saturated rings. The van der Waals surface area contributed by atoms with Gasteiger partial charge in [0.2, 0.25) is 0 Å². The fraction of sp³-hybridized carbons (Fsp3) is 0.0714. The largest absolute Gasteiger partial charge is 0.484 e. The van der Waals surface area contributed by atoms with Gasteiger partial charge >= 0.3 is 0 Å². The molecule has 9 heteroatoms. The number of aromatic nitrogens is 4. The maximum absolute atomic E-state index is 13.4. The molecule has 8 nitrogen and oxygen atoms in total. The van der Waals surface area contributed by atoms with E-state index in [2.05, 4.69) is 15.5 Å². The van der Waals surface area contributed by atoms with Crippen LogP contribution in [-0.4, -0.2) is 31.8 Å². The molecule has 3 heterocycles. The van der Waals surface area contributed by atoms with Crippen molar-refractivity contribution in [3.8, 4) is 16.9 Å². The van der Waals surface area contributed by atoms with E-state index in [0.717, 1.165) is 26.6 Å². The third-order valence-corrected chi connectivity index (χ3v) is 6.16. The summed E-state index contributed by atoms with van der Waals surface area (Å²) in [5.41, 5.74) is 5.39. The molecular weight excluding hydrogens is 473 g/mol. The van der Waals surface area contributed by atoms with Crippen LogP contribution < -0.4 is 15.7 Å². The van der Waals surface area contributed by atoms with E-state index in [1.54, 1.807) is 28.8 Å². The highest BCUT2D eigenvalue weighted by molar-refractivity contribution is 5.88. The Kier molecular flexibility index (Phi) is 5.37. The quantitative estimate of drug-likeness (QED) is 0.383. The highest BCUT2D eigenvalue weighted by atomic mass is 19.1. The lowest BCUT2D eigenvalue weighted by molar-refractivity contribution is -0.119. The Hall–Kier alpha value is -5.05. The lowest BCUT2D eigenvalue weighted by atomic mass is 10.1. The molecule has 6 rings (SSSR count). The van der Waals surface area contributed by atoms with Gasteiger partial charge in [-0.2, -0.15) is 5.10 Å². The SMILES string of the molecule is Cc1nn2c(ncc3c(=O)n(NC(=O)COc4ccc5ccccc5c4)ccc32)c1-c1ccc(F)cc1. The van der Waals surface area contributed by atoms with Crippen LogP contribution in [0.15, 0.2) is 90.0 Å². The van der Waals surface area contributed by atoms with Crippen molar-refractivity contribution in [2.45, 2.75) is 6.92 Å². The van der Waals surface area contributed by atoms with Crippen LogP contribution in [0.1, 0.15) is 5.69 Å². The summed E-state index contributed by atoms with van der Waals surface area (Å²) < 4.78 is 21.7. The first-order valence-corrected chi connectivity index (χ1v) is 11.5. The predicted octanol–water partition coefficient (Wildman–Crippen LogP) is 4.46. The van der Waals surface area contributed by atoms with Crippen LogP contribution in [0.3, 0.4) is 0 Å². The zero-order valence-corrected chi connectivity index (χ0v) is 19.7. The summed E-state index contributed by atoms with van der Waals surface area (Å²) in [6, 6.07) is 21.2. The molecule has 0 saturated carbocycles. The summed E-state index contributed by atoms with van der Waals surface area (Å²) >= 11 is 0. The van der Waals surface area contributed by atoms with E-state index < -0.39 is 11.5 Å². The van der Waals surface area contributed by atoms with Crippen molar-refractivity contribution in [1.82, 2.24) is 19.3 Å². The molecule has 1 amide bonds. The van der Waals surface area contributed by atoms with Gasteiger partial charge in [-0.25, -0.2) is 18.6 Å². The molecule has 0 aliphatic rings. The van der Waals surface area contributed by atoms with Crippen LogP contribution in [0.25, 0.3) is 38.4 Å². The average Bonchev–Trinajstić information content (AvgIpc) is 3.25. The summed E-state index contributed by atoms with van der Waals surface area (Å²) in [5.74, 6) is -0.268. The minimum absolute atomic E-state index is 0.264. The first-order valence-electron chi connectivity index (χ1n) is 11.5. The van der Waals surface area contributed by atoms with Crippen molar-refractivity contribution in [3.05, 3.63) is 107 Å². The number of hydrogen-bond acceptors (Lipinski definition) is 5. The molecule has 182 valence electrons. The molecule has 3 aromatic carbocycles. The van der Waals surface area contributed by atoms with Gasteiger partial charge < -0.3 is 4.74 Å². The first kappa shape index (κ1) is 22.4. The molecule has 6 aromatic rings. The molecule has 0 bridgehead atoms. The molecule has 0 unspecified atom stereocenters. The molecule has 3 aromatic heterocycles. The zero-order chi connectivity index (χ0) is 25.5. The minimum Gasteiger partial charge on any atom is -0.484 e. The van der Waals surface area contributed by atoms with Gasteiger partial charge in [-0.15, -0.1) is 0 Å². The number of ether oxygens (including phenoxy) is 1. The van der Waals surface area contributed by atoms with Gasteiger partial charge in [0.1, 0.15) is 11.6 Å². The summed E-state index contributed by atoms with van der Waals surface area (Å²) in [7, 11) is 0. The number of rotatable bonds is 5. The van der Waals surface area contributed by atoms with E-state index >= 15 is 0 Å². The van der Waals surface area contributed by atoms with E-state index in [9.17, 15) is 14.0 Å². The molecule has 0 spiro atoms. The van der Waals surface area contributed by atoms with E-state index in [-0.39, 0.29) is 17.8 Å². The van der Waals surface area contributed by atoms with Crippen molar-refractivity contribution in [2.24, 2.45) is 0 Å². The van der Waals surface area contributed by atoms with Gasteiger partial charge in [0, 0.05) is 18.0 Å². The Balaban J connectivity index is 1.26. The number of benzene rings is 3. The van der Waals surface area contributed by atoms with Crippen LogP contribution in [0.2, 0.25) is 0 Å². The van der Waals surface area contributed by atoms with Crippen LogP contribution in [-0.2, 0) is 4.79 Å². The summed E-state index contributed by atoms with van der Waals surface area (Å²) in [5, 5.41) is 6.91. The van der Waals surface area contributed by atoms with Crippen molar-refractivity contribution < 1.29 is 13.9 Å². The molecule has 0 aliphatic carbocycles. The summed E-state index contributed by atoms with van der Waals surface area (Å²) in [4.78, 5) is 30.1. The number of halogens is 1. The third-order valence-electron chi connectivity index (χ3n) is 6.16. The maximum atomic E-state index is 13.4. The highest BCUT2D eigenvalue weighted by Gasteiger charge is 2.17. The number of amides is 1. The Morgan fingerprint density at radius 3 is 2.62 bits per heavy atom. The molecule has 37 heavy (non-hydrogen) atoms.